The number of hydrogen-bond acceptors (Lipinski definition) is 5. The molecule has 38 heavy (non-hydrogen) atoms. The molecule has 0 radical (unpaired) electrons. The molecule has 0 bridgehead atoms. The number of hydrogen-bond donors (Lipinski definition) is 2. The van der Waals surface area contributed by atoms with Gasteiger partial charge in [-0.3, -0.25) is 0 Å². The van der Waals surface area contributed by atoms with Gasteiger partial charge in [0.2, 0.25) is 5.88 Å². The first-order valence-electron chi connectivity index (χ1n) is 12.8. The Bertz CT molecular complexity index is 1560. The van der Waals surface area contributed by atoms with Crippen LogP contribution in [0.2, 0.25) is 0 Å². The number of nitrogens with one attached hydrogen (secondary N) is 1. The van der Waals surface area contributed by atoms with Crippen LogP contribution in [0.4, 0.5) is 0 Å². The Balaban J connectivity index is 1.13. The van der Waals surface area contributed by atoms with Crippen molar-refractivity contribution in [1.82, 2.24) is 9.97 Å². The first kappa shape index (κ1) is 25.3. The molecule has 6 heteroatoms. The van der Waals surface area contributed by atoms with E-state index in [9.17, 15) is 5.11 Å². The van der Waals surface area contributed by atoms with Crippen molar-refractivity contribution in [3.63, 3.8) is 0 Å². The fraction of sp³-hybridized carbons (Fsp3) is 0.250. The Morgan fingerprint density at radius 1 is 0.974 bits per heavy atom. The smallest absolute Gasteiger partial charge is 0.219 e. The third-order valence-electron chi connectivity index (χ3n) is 6.77. The first-order valence-corrected chi connectivity index (χ1v) is 12.8. The zero-order chi connectivity index (χ0) is 26.5. The van der Waals surface area contributed by atoms with Crippen molar-refractivity contribution in [3.05, 3.63) is 96.2 Å². The topological polar surface area (TPSA) is 91.2 Å². The van der Waals surface area contributed by atoms with Crippen LogP contribution in [0.15, 0.2) is 85.1 Å². The van der Waals surface area contributed by atoms with Crippen molar-refractivity contribution >= 4 is 21.8 Å². The third kappa shape index (κ3) is 5.96. The molecule has 0 aliphatic heterocycles. The number of pyridine rings is 1. The summed E-state index contributed by atoms with van der Waals surface area (Å²) < 4.78 is 11.9. The lowest BCUT2D eigenvalue weighted by atomic mass is 9.81. The van der Waals surface area contributed by atoms with Crippen LogP contribution in [-0.2, 0) is 6.42 Å². The molecule has 0 spiro atoms. The minimum atomic E-state index is -0.551. The summed E-state index contributed by atoms with van der Waals surface area (Å²) in [7, 11) is 0. The quantitative estimate of drug-likeness (QED) is 0.210. The summed E-state index contributed by atoms with van der Waals surface area (Å²) in [6, 6.07) is 27.6. The van der Waals surface area contributed by atoms with E-state index in [1.54, 1.807) is 12.1 Å². The van der Waals surface area contributed by atoms with E-state index in [1.165, 1.54) is 11.8 Å². The second-order valence-electron chi connectivity index (χ2n) is 10.4. The van der Waals surface area contributed by atoms with E-state index in [4.69, 9.17) is 14.7 Å². The lowest BCUT2D eigenvalue weighted by Crippen LogP contribution is -2.22. The summed E-state index contributed by atoms with van der Waals surface area (Å²) in [4.78, 5) is 7.58. The minimum absolute atomic E-state index is 0.00882. The number of aromatic nitrogens is 2. The van der Waals surface area contributed by atoms with Gasteiger partial charge >= 0.3 is 0 Å². The molecule has 0 amide bonds. The average molecular weight is 506 g/mol. The number of nitrogens with zero attached hydrogens (tertiary/aromatic N) is 2. The molecule has 0 fully saturated rings. The zero-order valence-corrected chi connectivity index (χ0v) is 21.6. The lowest BCUT2D eigenvalue weighted by molar-refractivity contribution is 0.0877. The molecular weight excluding hydrogens is 474 g/mol. The second kappa shape index (κ2) is 11.0. The van der Waals surface area contributed by atoms with Crippen LogP contribution in [-0.4, -0.2) is 27.8 Å². The van der Waals surface area contributed by atoms with Gasteiger partial charge in [-0.25, -0.2) is 4.98 Å². The first-order chi connectivity index (χ1) is 18.4. The van der Waals surface area contributed by atoms with Gasteiger partial charge in [-0.15, -0.1) is 0 Å². The molecule has 5 rings (SSSR count). The van der Waals surface area contributed by atoms with E-state index >= 15 is 0 Å². The normalized spacial score (nSPS) is 12.4. The highest BCUT2D eigenvalue weighted by Crippen LogP contribution is 2.34. The fourth-order valence-electron chi connectivity index (χ4n) is 4.76. The number of aromatic amines is 1. The number of H-pyrrole nitrogens is 1. The number of rotatable bonds is 10. The number of aliphatic hydroxyl groups is 1. The molecule has 6 nitrogen and oxygen atoms in total. The highest BCUT2D eigenvalue weighted by atomic mass is 16.5. The number of nitriles is 1. The summed E-state index contributed by atoms with van der Waals surface area (Å²) in [5.41, 5.74) is 3.81. The Morgan fingerprint density at radius 3 is 2.53 bits per heavy atom. The van der Waals surface area contributed by atoms with Crippen molar-refractivity contribution in [2.75, 3.05) is 6.61 Å². The molecule has 0 saturated heterocycles. The summed E-state index contributed by atoms with van der Waals surface area (Å²) >= 11 is 0. The van der Waals surface area contributed by atoms with Gasteiger partial charge in [0.15, 0.2) is 0 Å². The molecular formula is C32H31N3O3. The lowest BCUT2D eigenvalue weighted by Gasteiger charge is -2.26. The Hall–Kier alpha value is -4.34. The molecule has 1 atom stereocenters. The van der Waals surface area contributed by atoms with E-state index in [0.717, 1.165) is 40.4 Å². The Morgan fingerprint density at radius 2 is 1.76 bits per heavy atom. The maximum absolute atomic E-state index is 10.7. The molecule has 5 aromatic rings. The van der Waals surface area contributed by atoms with Crippen LogP contribution in [0.1, 0.15) is 37.8 Å². The fourth-order valence-corrected chi connectivity index (χ4v) is 4.76. The van der Waals surface area contributed by atoms with E-state index in [1.807, 2.05) is 48.5 Å². The largest absolute Gasteiger partial charge is 0.490 e. The predicted molar refractivity (Wildman–Crippen MR) is 149 cm³/mol. The standard InChI is InChI=1S/C32H31N3O3/c1-32(2,18-22-10-13-25(14-11-22)38-30-15-12-23(19-33)20-34-30)17-16-24(36)21-37-29-9-5-8-28-31(29)26-6-3-4-7-27(26)35-28/h3-15,20,24,35-36H,16-18,21H2,1-2H3/t24-/m0/s1. The molecule has 2 aromatic heterocycles. The molecule has 0 saturated carbocycles. The monoisotopic (exact) mass is 505 g/mol. The zero-order valence-electron chi connectivity index (χ0n) is 21.6. The summed E-state index contributed by atoms with van der Waals surface area (Å²) in [6.07, 6.45) is 3.34. The number of aliphatic hydroxyl groups excluding tert-OH is 1. The Labute approximate surface area is 222 Å². The molecule has 192 valence electrons. The van der Waals surface area contributed by atoms with Crippen molar-refractivity contribution in [2.24, 2.45) is 5.41 Å². The number of benzene rings is 3. The number of fused-ring (bicyclic) bond motifs is 3. The van der Waals surface area contributed by atoms with Crippen molar-refractivity contribution in [3.8, 4) is 23.4 Å². The number of para-hydroxylation sites is 1. The van der Waals surface area contributed by atoms with Gasteiger partial charge in [-0.05, 0) is 66.6 Å². The number of ether oxygens (including phenoxy) is 2. The van der Waals surface area contributed by atoms with Gasteiger partial charge in [0.25, 0.3) is 0 Å². The van der Waals surface area contributed by atoms with Gasteiger partial charge in [0.1, 0.15) is 24.2 Å². The summed E-state index contributed by atoms with van der Waals surface area (Å²) in [5, 5.41) is 21.8. The van der Waals surface area contributed by atoms with E-state index < -0.39 is 6.10 Å². The molecule has 0 aliphatic carbocycles. The van der Waals surface area contributed by atoms with E-state index in [-0.39, 0.29) is 12.0 Å². The van der Waals surface area contributed by atoms with Gasteiger partial charge in [0, 0.05) is 28.6 Å². The van der Waals surface area contributed by atoms with Gasteiger partial charge < -0.3 is 19.6 Å². The van der Waals surface area contributed by atoms with Crippen molar-refractivity contribution in [1.29, 1.82) is 5.26 Å². The maximum Gasteiger partial charge on any atom is 0.219 e. The maximum atomic E-state index is 10.7. The van der Waals surface area contributed by atoms with Crippen LogP contribution >= 0.6 is 0 Å². The predicted octanol–water partition coefficient (Wildman–Crippen LogP) is 7.17. The Kier molecular flexibility index (Phi) is 7.30. The van der Waals surface area contributed by atoms with Gasteiger partial charge in [-0.1, -0.05) is 50.2 Å². The van der Waals surface area contributed by atoms with Gasteiger partial charge in [-0.2, -0.15) is 5.26 Å². The van der Waals surface area contributed by atoms with Crippen molar-refractivity contribution in [2.45, 2.75) is 39.2 Å². The van der Waals surface area contributed by atoms with Crippen LogP contribution in [0.3, 0.4) is 0 Å². The van der Waals surface area contributed by atoms with Crippen molar-refractivity contribution < 1.29 is 14.6 Å². The summed E-state index contributed by atoms with van der Waals surface area (Å²) in [5.74, 6) is 1.94. The second-order valence-corrected chi connectivity index (χ2v) is 10.4. The van der Waals surface area contributed by atoms with Crippen LogP contribution in [0.25, 0.3) is 21.8 Å². The van der Waals surface area contributed by atoms with Gasteiger partial charge in [0.05, 0.1) is 17.2 Å². The van der Waals surface area contributed by atoms with E-state index in [2.05, 4.69) is 48.1 Å². The minimum Gasteiger partial charge on any atom is -0.490 e. The highest BCUT2D eigenvalue weighted by molar-refractivity contribution is 6.10. The highest BCUT2D eigenvalue weighted by Gasteiger charge is 2.21. The molecule has 0 unspecified atom stereocenters. The van der Waals surface area contributed by atoms with Crippen LogP contribution < -0.4 is 9.47 Å². The third-order valence-corrected chi connectivity index (χ3v) is 6.77. The molecule has 2 N–H and O–H groups in total. The molecule has 2 heterocycles. The SMILES string of the molecule is CC(C)(CC[C@H](O)COc1cccc2[nH]c3ccccc3c12)Cc1ccc(Oc2ccc(C#N)cn2)cc1. The van der Waals surface area contributed by atoms with Crippen LogP contribution in [0.5, 0.6) is 17.4 Å². The summed E-state index contributed by atoms with van der Waals surface area (Å²) in [6.45, 7) is 4.70. The molecule has 3 aromatic carbocycles. The van der Waals surface area contributed by atoms with E-state index in [0.29, 0.717) is 23.6 Å². The average Bonchev–Trinajstić information content (AvgIpc) is 3.31. The van der Waals surface area contributed by atoms with Crippen LogP contribution in [0, 0.1) is 16.7 Å². The molecule has 0 aliphatic rings.